The molecule has 9 nitrogen and oxygen atoms in total. The molecule has 3 saturated heterocycles. The SMILES string of the molecule is C=CCN(C(=O)C1N([C@H](CO)c2ccccc2)C(=O)[C@@H]2[C@H](C(=O)O)[C@]3(C)CCC12O3)c1ccc(OC)cc1. The number of nitrogens with zero attached hydrogens (tertiary/aromatic N) is 2. The predicted molar refractivity (Wildman–Crippen MR) is 139 cm³/mol. The van der Waals surface area contributed by atoms with Crippen LogP contribution in [0.25, 0.3) is 0 Å². The minimum atomic E-state index is -1.33. The Bertz CT molecular complexity index is 1250. The molecular formula is C29H32N2O7. The van der Waals surface area contributed by atoms with Crippen molar-refractivity contribution < 1.29 is 34.1 Å². The van der Waals surface area contributed by atoms with E-state index in [0.29, 0.717) is 29.8 Å². The number of fused-ring (bicyclic) bond motifs is 1. The van der Waals surface area contributed by atoms with Crippen molar-refractivity contribution >= 4 is 23.5 Å². The van der Waals surface area contributed by atoms with Crippen LogP contribution >= 0.6 is 0 Å². The van der Waals surface area contributed by atoms with E-state index in [1.165, 1.54) is 9.80 Å². The van der Waals surface area contributed by atoms with Crippen molar-refractivity contribution in [1.29, 1.82) is 0 Å². The van der Waals surface area contributed by atoms with E-state index >= 15 is 0 Å². The van der Waals surface area contributed by atoms with Crippen LogP contribution in [0.4, 0.5) is 5.69 Å². The molecule has 3 aliphatic heterocycles. The highest BCUT2D eigenvalue weighted by atomic mass is 16.5. The van der Waals surface area contributed by atoms with Gasteiger partial charge in [0.2, 0.25) is 5.91 Å². The molecule has 3 fully saturated rings. The molecule has 9 heteroatoms. The second-order valence-electron chi connectivity index (χ2n) is 10.4. The van der Waals surface area contributed by atoms with Gasteiger partial charge < -0.3 is 29.5 Å². The fraction of sp³-hybridized carbons (Fsp3) is 0.414. The van der Waals surface area contributed by atoms with Crippen LogP contribution in [0.5, 0.6) is 5.75 Å². The van der Waals surface area contributed by atoms with Crippen molar-refractivity contribution in [3.05, 3.63) is 72.8 Å². The minimum Gasteiger partial charge on any atom is -0.497 e. The lowest BCUT2D eigenvalue weighted by atomic mass is 9.66. The van der Waals surface area contributed by atoms with Gasteiger partial charge in [-0.15, -0.1) is 6.58 Å². The maximum atomic E-state index is 14.5. The molecule has 0 aliphatic carbocycles. The maximum Gasteiger partial charge on any atom is 0.310 e. The Morgan fingerprint density at radius 2 is 1.89 bits per heavy atom. The van der Waals surface area contributed by atoms with Crippen molar-refractivity contribution in [2.75, 3.05) is 25.2 Å². The number of hydrogen-bond acceptors (Lipinski definition) is 6. The fourth-order valence-corrected chi connectivity index (χ4v) is 6.75. The Kier molecular flexibility index (Phi) is 6.53. The van der Waals surface area contributed by atoms with Gasteiger partial charge in [-0.25, -0.2) is 0 Å². The number of ether oxygens (including phenoxy) is 2. The van der Waals surface area contributed by atoms with Crippen LogP contribution < -0.4 is 9.64 Å². The third-order valence-electron chi connectivity index (χ3n) is 8.37. The molecule has 2 aromatic rings. The summed E-state index contributed by atoms with van der Waals surface area (Å²) in [6.07, 6.45) is 2.35. The first kappa shape index (κ1) is 25.9. The van der Waals surface area contributed by atoms with E-state index in [4.69, 9.17) is 9.47 Å². The van der Waals surface area contributed by atoms with E-state index in [1.807, 2.05) is 6.07 Å². The number of carbonyl (C=O) groups excluding carboxylic acids is 2. The van der Waals surface area contributed by atoms with E-state index in [1.54, 1.807) is 68.6 Å². The molecule has 2 amide bonds. The molecule has 3 aliphatic rings. The summed E-state index contributed by atoms with van der Waals surface area (Å²) in [6, 6.07) is 13.9. The number of hydrogen-bond donors (Lipinski definition) is 2. The first-order chi connectivity index (χ1) is 18.2. The molecule has 2 bridgehead atoms. The van der Waals surface area contributed by atoms with Crippen molar-refractivity contribution in [1.82, 2.24) is 4.90 Å². The number of carboxylic acid groups (broad SMARTS) is 1. The Balaban J connectivity index is 1.66. The fourth-order valence-electron chi connectivity index (χ4n) is 6.75. The average molecular weight is 521 g/mol. The number of carboxylic acids is 1. The molecule has 3 heterocycles. The van der Waals surface area contributed by atoms with Gasteiger partial charge in [0.05, 0.1) is 37.2 Å². The predicted octanol–water partition coefficient (Wildman–Crippen LogP) is 2.80. The zero-order valence-corrected chi connectivity index (χ0v) is 21.4. The smallest absolute Gasteiger partial charge is 0.310 e. The van der Waals surface area contributed by atoms with Crippen molar-refractivity contribution in [2.24, 2.45) is 11.8 Å². The molecule has 6 atom stereocenters. The molecule has 0 aromatic heterocycles. The van der Waals surface area contributed by atoms with Gasteiger partial charge in [0, 0.05) is 12.2 Å². The van der Waals surface area contributed by atoms with Crippen LogP contribution in [-0.2, 0) is 19.1 Å². The zero-order valence-electron chi connectivity index (χ0n) is 21.4. The van der Waals surface area contributed by atoms with Gasteiger partial charge in [0.25, 0.3) is 5.91 Å². The molecule has 0 radical (unpaired) electrons. The topological polar surface area (TPSA) is 117 Å². The summed E-state index contributed by atoms with van der Waals surface area (Å²) in [5, 5.41) is 20.7. The lowest BCUT2D eigenvalue weighted by Gasteiger charge is -2.39. The summed E-state index contributed by atoms with van der Waals surface area (Å²) in [7, 11) is 1.55. The third kappa shape index (κ3) is 3.72. The first-order valence-electron chi connectivity index (χ1n) is 12.7. The Hall–Kier alpha value is -3.69. The number of rotatable bonds is 9. The van der Waals surface area contributed by atoms with E-state index in [2.05, 4.69) is 6.58 Å². The molecule has 2 N–H and O–H groups in total. The minimum absolute atomic E-state index is 0.152. The van der Waals surface area contributed by atoms with Crippen LogP contribution in [0.1, 0.15) is 31.4 Å². The number of anilines is 1. The number of carbonyl (C=O) groups is 3. The quantitative estimate of drug-likeness (QED) is 0.489. The zero-order chi connectivity index (χ0) is 27.2. The Morgan fingerprint density at radius 3 is 2.47 bits per heavy atom. The highest BCUT2D eigenvalue weighted by molar-refractivity contribution is 6.05. The highest BCUT2D eigenvalue weighted by Gasteiger charge is 2.79. The highest BCUT2D eigenvalue weighted by Crippen LogP contribution is 2.64. The summed E-state index contributed by atoms with van der Waals surface area (Å²) < 4.78 is 11.7. The van der Waals surface area contributed by atoms with E-state index in [9.17, 15) is 24.6 Å². The molecule has 38 heavy (non-hydrogen) atoms. The van der Waals surface area contributed by atoms with Gasteiger partial charge in [-0.3, -0.25) is 14.4 Å². The van der Waals surface area contributed by atoms with Gasteiger partial charge in [-0.2, -0.15) is 0 Å². The van der Waals surface area contributed by atoms with Crippen LogP contribution in [-0.4, -0.2) is 70.4 Å². The van der Waals surface area contributed by atoms with Gasteiger partial charge >= 0.3 is 5.97 Å². The molecule has 1 spiro atoms. The first-order valence-corrected chi connectivity index (χ1v) is 12.7. The molecule has 200 valence electrons. The largest absolute Gasteiger partial charge is 0.497 e. The number of aliphatic hydroxyl groups excluding tert-OH is 1. The maximum absolute atomic E-state index is 14.5. The second-order valence-corrected chi connectivity index (χ2v) is 10.4. The summed E-state index contributed by atoms with van der Waals surface area (Å²) in [5.74, 6) is -3.57. The number of amides is 2. The van der Waals surface area contributed by atoms with Crippen LogP contribution in [0.15, 0.2) is 67.3 Å². The van der Waals surface area contributed by atoms with Crippen molar-refractivity contribution in [2.45, 2.75) is 43.1 Å². The van der Waals surface area contributed by atoms with Gasteiger partial charge in [0.1, 0.15) is 17.4 Å². The molecule has 2 unspecified atom stereocenters. The molecule has 0 saturated carbocycles. The van der Waals surface area contributed by atoms with E-state index in [-0.39, 0.29) is 6.54 Å². The Morgan fingerprint density at radius 1 is 1.21 bits per heavy atom. The monoisotopic (exact) mass is 520 g/mol. The summed E-state index contributed by atoms with van der Waals surface area (Å²) >= 11 is 0. The van der Waals surface area contributed by atoms with Crippen LogP contribution in [0.3, 0.4) is 0 Å². The number of benzene rings is 2. The summed E-state index contributed by atoms with van der Waals surface area (Å²) in [6.45, 7) is 5.23. The van der Waals surface area contributed by atoms with Gasteiger partial charge in [-0.1, -0.05) is 36.4 Å². The Labute approximate surface area is 221 Å². The lowest BCUT2D eigenvalue weighted by molar-refractivity contribution is -0.155. The number of methoxy groups -OCH3 is 1. The van der Waals surface area contributed by atoms with Gasteiger partial charge in [-0.05, 0) is 49.6 Å². The average Bonchev–Trinajstić information content (AvgIpc) is 3.49. The molecular weight excluding hydrogens is 488 g/mol. The summed E-state index contributed by atoms with van der Waals surface area (Å²) in [4.78, 5) is 44.1. The number of aliphatic hydroxyl groups is 1. The van der Waals surface area contributed by atoms with E-state index in [0.717, 1.165) is 0 Å². The van der Waals surface area contributed by atoms with Crippen molar-refractivity contribution in [3.63, 3.8) is 0 Å². The van der Waals surface area contributed by atoms with E-state index < -0.39 is 59.5 Å². The second kappa shape index (κ2) is 9.56. The molecule has 5 rings (SSSR count). The van der Waals surface area contributed by atoms with Crippen LogP contribution in [0.2, 0.25) is 0 Å². The van der Waals surface area contributed by atoms with Crippen LogP contribution in [0, 0.1) is 11.8 Å². The van der Waals surface area contributed by atoms with Gasteiger partial charge in [0.15, 0.2) is 0 Å². The lowest BCUT2D eigenvalue weighted by Crippen LogP contribution is -2.57. The summed E-state index contributed by atoms with van der Waals surface area (Å²) in [5.41, 5.74) is -1.19. The van der Waals surface area contributed by atoms with Crippen molar-refractivity contribution in [3.8, 4) is 5.75 Å². The number of aliphatic carboxylic acids is 1. The molecule has 2 aromatic carbocycles. The third-order valence-corrected chi connectivity index (χ3v) is 8.37. The normalized spacial score (nSPS) is 30.1. The number of likely N-dealkylation sites (tertiary alicyclic amines) is 1. The standard InChI is InChI=1S/C29H32N2O7/c1-4-16-30(19-10-12-20(37-3)13-11-19)26(34)24-29-15-14-28(2,38-29)23(27(35)36)22(29)25(33)31(24)21(17-32)18-8-6-5-7-9-18/h4-13,21-24,32H,1,14-17H2,2-3H3,(H,35,36)/t21-,22+,23-,24?,28+,29?/m1/s1.